The van der Waals surface area contributed by atoms with Gasteiger partial charge in [-0.1, -0.05) is 17.7 Å². The zero-order valence-corrected chi connectivity index (χ0v) is 10.6. The Bertz CT molecular complexity index is 678. The maximum absolute atomic E-state index is 13.7. The molecule has 0 bridgehead atoms. The SMILES string of the molecule is Fc1cc(Cl)ccc1-c1cnc(-c2cccs2)o1. The van der Waals surface area contributed by atoms with Gasteiger partial charge in [-0.05, 0) is 29.6 Å². The Morgan fingerprint density at radius 3 is 2.89 bits per heavy atom. The zero-order chi connectivity index (χ0) is 12.5. The smallest absolute Gasteiger partial charge is 0.236 e. The first-order chi connectivity index (χ1) is 8.74. The number of benzene rings is 1. The second kappa shape index (κ2) is 4.55. The fraction of sp³-hybridized carbons (Fsp3) is 0. The quantitative estimate of drug-likeness (QED) is 0.669. The molecule has 0 aliphatic heterocycles. The second-order valence-electron chi connectivity index (χ2n) is 3.63. The van der Waals surface area contributed by atoms with Crippen LogP contribution in [0.2, 0.25) is 5.02 Å². The van der Waals surface area contributed by atoms with Crippen molar-refractivity contribution in [3.05, 3.63) is 52.7 Å². The number of thiophene rings is 1. The van der Waals surface area contributed by atoms with Gasteiger partial charge in [0.15, 0.2) is 5.76 Å². The molecule has 1 aromatic carbocycles. The number of aromatic nitrogens is 1. The van der Waals surface area contributed by atoms with Crippen molar-refractivity contribution in [2.45, 2.75) is 0 Å². The molecule has 0 aliphatic rings. The number of hydrogen-bond acceptors (Lipinski definition) is 3. The Kier molecular flexibility index (Phi) is 2.89. The van der Waals surface area contributed by atoms with E-state index in [2.05, 4.69) is 4.98 Å². The minimum Gasteiger partial charge on any atom is -0.435 e. The molecule has 3 rings (SSSR count). The van der Waals surface area contributed by atoms with Gasteiger partial charge in [0.25, 0.3) is 0 Å². The highest BCUT2D eigenvalue weighted by Gasteiger charge is 2.12. The first-order valence-electron chi connectivity index (χ1n) is 5.19. The molecule has 2 nitrogen and oxygen atoms in total. The minimum absolute atomic E-state index is 0.356. The van der Waals surface area contributed by atoms with Crippen LogP contribution < -0.4 is 0 Å². The number of halogens is 2. The van der Waals surface area contributed by atoms with Crippen LogP contribution in [-0.2, 0) is 0 Å². The van der Waals surface area contributed by atoms with Crippen LogP contribution in [0.1, 0.15) is 0 Å². The van der Waals surface area contributed by atoms with E-state index in [-0.39, 0.29) is 0 Å². The van der Waals surface area contributed by atoms with Crippen molar-refractivity contribution in [3.63, 3.8) is 0 Å². The molecule has 2 heterocycles. The molecule has 0 saturated carbocycles. The van der Waals surface area contributed by atoms with Crippen molar-refractivity contribution >= 4 is 22.9 Å². The summed E-state index contributed by atoms with van der Waals surface area (Å²) in [7, 11) is 0. The molecule has 3 aromatic rings. The molecule has 0 N–H and O–H groups in total. The number of nitrogens with zero attached hydrogens (tertiary/aromatic N) is 1. The molecular weight excluding hydrogens is 273 g/mol. The first kappa shape index (κ1) is 11.4. The van der Waals surface area contributed by atoms with Crippen molar-refractivity contribution in [2.75, 3.05) is 0 Å². The second-order valence-corrected chi connectivity index (χ2v) is 5.02. The van der Waals surface area contributed by atoms with Crippen molar-refractivity contribution in [3.8, 4) is 22.1 Å². The molecule has 90 valence electrons. The van der Waals surface area contributed by atoms with Crippen molar-refractivity contribution in [1.29, 1.82) is 0 Å². The predicted octanol–water partition coefficient (Wildman–Crippen LogP) is 4.86. The van der Waals surface area contributed by atoms with E-state index in [0.717, 1.165) is 4.88 Å². The third kappa shape index (κ3) is 2.05. The van der Waals surface area contributed by atoms with Crippen LogP contribution in [0.25, 0.3) is 22.1 Å². The van der Waals surface area contributed by atoms with Crippen LogP contribution in [0.3, 0.4) is 0 Å². The first-order valence-corrected chi connectivity index (χ1v) is 6.45. The highest BCUT2D eigenvalue weighted by molar-refractivity contribution is 7.13. The Balaban J connectivity index is 2.03. The van der Waals surface area contributed by atoms with Gasteiger partial charge >= 0.3 is 0 Å². The summed E-state index contributed by atoms with van der Waals surface area (Å²) in [5, 5.41) is 2.29. The van der Waals surface area contributed by atoms with Gasteiger partial charge in [-0.3, -0.25) is 0 Å². The normalized spacial score (nSPS) is 10.8. The lowest BCUT2D eigenvalue weighted by Gasteiger charge is -1.98. The van der Waals surface area contributed by atoms with E-state index in [0.29, 0.717) is 22.2 Å². The summed E-state index contributed by atoms with van der Waals surface area (Å²) in [5.41, 5.74) is 0.356. The lowest BCUT2D eigenvalue weighted by molar-refractivity contribution is 0.576. The molecule has 0 atom stereocenters. The van der Waals surface area contributed by atoms with Crippen LogP contribution in [0.5, 0.6) is 0 Å². The fourth-order valence-corrected chi connectivity index (χ4v) is 2.42. The average Bonchev–Trinajstić information content (AvgIpc) is 2.99. The Morgan fingerprint density at radius 1 is 1.28 bits per heavy atom. The molecular formula is C13H7ClFNOS. The third-order valence-electron chi connectivity index (χ3n) is 2.43. The van der Waals surface area contributed by atoms with E-state index in [1.54, 1.807) is 12.1 Å². The van der Waals surface area contributed by atoms with Crippen molar-refractivity contribution in [1.82, 2.24) is 4.98 Å². The predicted molar refractivity (Wildman–Crippen MR) is 70.2 cm³/mol. The van der Waals surface area contributed by atoms with Crippen LogP contribution in [0, 0.1) is 5.82 Å². The van der Waals surface area contributed by atoms with E-state index in [9.17, 15) is 4.39 Å². The highest BCUT2D eigenvalue weighted by Crippen LogP contribution is 2.30. The van der Waals surface area contributed by atoms with Crippen LogP contribution in [-0.4, -0.2) is 4.98 Å². The van der Waals surface area contributed by atoms with E-state index >= 15 is 0 Å². The van der Waals surface area contributed by atoms with E-state index in [4.69, 9.17) is 16.0 Å². The van der Waals surface area contributed by atoms with Gasteiger partial charge in [-0.2, -0.15) is 0 Å². The van der Waals surface area contributed by atoms with E-state index < -0.39 is 5.82 Å². The van der Waals surface area contributed by atoms with Gasteiger partial charge in [0.05, 0.1) is 16.6 Å². The monoisotopic (exact) mass is 279 g/mol. The fourth-order valence-electron chi connectivity index (χ4n) is 1.60. The maximum Gasteiger partial charge on any atom is 0.236 e. The molecule has 0 fully saturated rings. The minimum atomic E-state index is -0.420. The summed E-state index contributed by atoms with van der Waals surface area (Å²) in [6.07, 6.45) is 1.52. The molecule has 0 unspecified atom stereocenters. The van der Waals surface area contributed by atoms with Gasteiger partial charge < -0.3 is 4.42 Å². The maximum atomic E-state index is 13.7. The van der Waals surface area contributed by atoms with Gasteiger partial charge in [-0.25, -0.2) is 9.37 Å². The number of oxazole rings is 1. The summed E-state index contributed by atoms with van der Waals surface area (Å²) in [6, 6.07) is 8.26. The van der Waals surface area contributed by atoms with E-state index in [1.807, 2.05) is 17.5 Å². The highest BCUT2D eigenvalue weighted by atomic mass is 35.5. The van der Waals surface area contributed by atoms with Gasteiger partial charge in [0, 0.05) is 5.02 Å². The molecule has 2 aromatic heterocycles. The van der Waals surface area contributed by atoms with Gasteiger partial charge in [-0.15, -0.1) is 11.3 Å². The molecule has 0 radical (unpaired) electrons. The van der Waals surface area contributed by atoms with Crippen molar-refractivity contribution in [2.24, 2.45) is 0 Å². The molecule has 5 heteroatoms. The largest absolute Gasteiger partial charge is 0.435 e. The lowest BCUT2D eigenvalue weighted by Crippen LogP contribution is -1.81. The Hall–Kier alpha value is -1.65. The zero-order valence-electron chi connectivity index (χ0n) is 9.06. The molecule has 0 saturated heterocycles. The van der Waals surface area contributed by atoms with Gasteiger partial charge in [0.1, 0.15) is 5.82 Å². The molecule has 0 spiro atoms. The topological polar surface area (TPSA) is 26.0 Å². The van der Waals surface area contributed by atoms with E-state index in [1.165, 1.54) is 23.6 Å². The third-order valence-corrected chi connectivity index (χ3v) is 3.53. The average molecular weight is 280 g/mol. The summed E-state index contributed by atoms with van der Waals surface area (Å²) < 4.78 is 19.3. The summed E-state index contributed by atoms with van der Waals surface area (Å²) >= 11 is 7.23. The Labute approximate surface area is 112 Å². The summed E-state index contributed by atoms with van der Waals surface area (Å²) in [5.74, 6) is 0.471. The molecule has 0 aliphatic carbocycles. The lowest BCUT2D eigenvalue weighted by atomic mass is 10.2. The standard InChI is InChI=1S/C13H7ClFNOS/c14-8-3-4-9(10(15)6-8)11-7-16-13(17-11)12-2-1-5-18-12/h1-7H. The molecule has 18 heavy (non-hydrogen) atoms. The molecule has 0 amide bonds. The van der Waals surface area contributed by atoms with Crippen LogP contribution >= 0.6 is 22.9 Å². The van der Waals surface area contributed by atoms with Crippen molar-refractivity contribution < 1.29 is 8.81 Å². The number of hydrogen-bond donors (Lipinski definition) is 0. The van der Waals surface area contributed by atoms with Gasteiger partial charge in [0.2, 0.25) is 5.89 Å². The number of rotatable bonds is 2. The summed E-state index contributed by atoms with van der Waals surface area (Å²) in [4.78, 5) is 5.06. The van der Waals surface area contributed by atoms with Crippen LogP contribution in [0.15, 0.2) is 46.3 Å². The van der Waals surface area contributed by atoms with Crippen LogP contribution in [0.4, 0.5) is 4.39 Å². The summed E-state index contributed by atoms with van der Waals surface area (Å²) in [6.45, 7) is 0. The Morgan fingerprint density at radius 2 is 2.17 bits per heavy atom.